The van der Waals surface area contributed by atoms with Crippen LogP contribution in [-0.2, 0) is 14.6 Å². The number of rotatable bonds is 3. The van der Waals surface area contributed by atoms with Crippen molar-refractivity contribution in [3.05, 3.63) is 35.1 Å². The van der Waals surface area contributed by atoms with Crippen molar-refractivity contribution in [2.75, 3.05) is 37.8 Å². The van der Waals surface area contributed by atoms with E-state index in [1.54, 1.807) is 16.2 Å². The van der Waals surface area contributed by atoms with Gasteiger partial charge in [-0.1, -0.05) is 6.07 Å². The Morgan fingerprint density at radius 3 is 2.73 bits per heavy atom. The molecule has 30 heavy (non-hydrogen) atoms. The third kappa shape index (κ3) is 3.42. The number of ether oxygens (including phenoxy) is 1. The number of aromatic nitrogens is 3. The molecule has 8 nitrogen and oxygen atoms in total. The molecule has 3 aromatic rings. The lowest BCUT2D eigenvalue weighted by molar-refractivity contribution is 0.0300. The Bertz CT molecular complexity index is 1210. The van der Waals surface area contributed by atoms with E-state index < -0.39 is 9.84 Å². The molecular weight excluding hydrogens is 424 g/mol. The summed E-state index contributed by atoms with van der Waals surface area (Å²) in [6.07, 6.45) is 0.554. The van der Waals surface area contributed by atoms with E-state index in [0.717, 1.165) is 10.4 Å². The van der Waals surface area contributed by atoms with Gasteiger partial charge in [0, 0.05) is 13.1 Å². The van der Waals surface area contributed by atoms with Crippen LogP contribution < -0.4 is 0 Å². The third-order valence-electron chi connectivity index (χ3n) is 5.70. The van der Waals surface area contributed by atoms with E-state index in [-0.39, 0.29) is 23.5 Å². The number of imidazole rings is 1. The van der Waals surface area contributed by atoms with Crippen LogP contribution in [0.5, 0.6) is 0 Å². The number of carbonyl (C=O) groups is 1. The van der Waals surface area contributed by atoms with Gasteiger partial charge in [-0.3, -0.25) is 4.79 Å². The molecule has 0 aromatic carbocycles. The van der Waals surface area contributed by atoms with Crippen LogP contribution in [0.15, 0.2) is 23.6 Å². The predicted octanol–water partition coefficient (Wildman–Crippen LogP) is 2.30. The number of hydrogen-bond acceptors (Lipinski definition) is 7. The summed E-state index contributed by atoms with van der Waals surface area (Å²) in [7, 11) is -3.06. The van der Waals surface area contributed by atoms with E-state index >= 15 is 0 Å². The predicted molar refractivity (Wildman–Crippen MR) is 115 cm³/mol. The fourth-order valence-electron chi connectivity index (χ4n) is 4.26. The number of aryl methyl sites for hydroxylation is 1. The lowest BCUT2D eigenvalue weighted by Gasteiger charge is -2.26. The summed E-state index contributed by atoms with van der Waals surface area (Å²) in [5.41, 5.74) is 2.33. The molecule has 2 aliphatic heterocycles. The van der Waals surface area contributed by atoms with Gasteiger partial charge in [-0.25, -0.2) is 18.4 Å². The SMILES string of the molecule is Cc1nc2c(C(=O)N3CCOCC3)nc(-c3cccs3)cc2n1C1CCS(=O)(=O)C1. The van der Waals surface area contributed by atoms with Gasteiger partial charge in [-0.15, -0.1) is 11.3 Å². The van der Waals surface area contributed by atoms with Gasteiger partial charge >= 0.3 is 0 Å². The summed E-state index contributed by atoms with van der Waals surface area (Å²) in [6, 6.07) is 5.67. The van der Waals surface area contributed by atoms with Crippen molar-refractivity contribution >= 4 is 38.1 Å². The highest BCUT2D eigenvalue weighted by Gasteiger charge is 2.33. The average molecular weight is 447 g/mol. The van der Waals surface area contributed by atoms with Crippen molar-refractivity contribution in [2.24, 2.45) is 0 Å². The molecule has 0 bridgehead atoms. The minimum atomic E-state index is -3.06. The molecule has 5 rings (SSSR count). The van der Waals surface area contributed by atoms with Crippen LogP contribution in [0.1, 0.15) is 28.8 Å². The van der Waals surface area contributed by atoms with Crippen molar-refractivity contribution in [1.82, 2.24) is 19.4 Å². The Balaban J connectivity index is 1.69. The number of thiophene rings is 1. The van der Waals surface area contributed by atoms with E-state index in [4.69, 9.17) is 9.72 Å². The zero-order valence-corrected chi connectivity index (χ0v) is 18.2. The standard InChI is InChI=1S/C20H22N4O4S2/c1-13-21-18-16(24(13)14-4-10-30(26,27)12-14)11-15(17-3-2-9-29-17)22-19(18)20(25)23-5-7-28-8-6-23/h2-3,9,11,14H,4-8,10,12H2,1H3. The van der Waals surface area contributed by atoms with Gasteiger partial charge in [-0.2, -0.15) is 0 Å². The molecule has 0 aliphatic carbocycles. The van der Waals surface area contributed by atoms with Gasteiger partial charge in [0.05, 0.1) is 46.8 Å². The quantitative estimate of drug-likeness (QED) is 0.613. The van der Waals surface area contributed by atoms with Crippen LogP contribution in [0.2, 0.25) is 0 Å². The number of morpholine rings is 1. The largest absolute Gasteiger partial charge is 0.378 e. The fourth-order valence-corrected chi connectivity index (χ4v) is 6.65. The second kappa shape index (κ2) is 7.44. The van der Waals surface area contributed by atoms with Gasteiger partial charge in [-0.05, 0) is 30.9 Å². The fraction of sp³-hybridized carbons (Fsp3) is 0.450. The summed E-state index contributed by atoms with van der Waals surface area (Å²) < 4.78 is 31.6. The second-order valence-electron chi connectivity index (χ2n) is 7.69. The third-order valence-corrected chi connectivity index (χ3v) is 8.35. The molecule has 0 spiro atoms. The monoisotopic (exact) mass is 446 g/mol. The van der Waals surface area contributed by atoms with Crippen LogP contribution >= 0.6 is 11.3 Å². The molecule has 10 heteroatoms. The van der Waals surface area contributed by atoms with Crippen LogP contribution in [0.4, 0.5) is 0 Å². The van der Waals surface area contributed by atoms with Crippen LogP contribution in [0, 0.1) is 6.92 Å². The van der Waals surface area contributed by atoms with Crippen molar-refractivity contribution in [1.29, 1.82) is 0 Å². The van der Waals surface area contributed by atoms with Gasteiger partial charge in [0.1, 0.15) is 11.3 Å². The maximum atomic E-state index is 13.3. The minimum absolute atomic E-state index is 0.0999. The van der Waals surface area contributed by atoms with Gasteiger partial charge < -0.3 is 14.2 Å². The molecule has 2 aliphatic rings. The van der Waals surface area contributed by atoms with Crippen LogP contribution in [0.3, 0.4) is 0 Å². The number of amides is 1. The van der Waals surface area contributed by atoms with Crippen LogP contribution in [-0.4, -0.2) is 71.6 Å². The Kier molecular flexibility index (Phi) is 4.87. The normalized spacial score (nSPS) is 21.4. The number of fused-ring (bicyclic) bond motifs is 1. The first-order valence-corrected chi connectivity index (χ1v) is 12.6. The highest BCUT2D eigenvalue weighted by atomic mass is 32.2. The number of carbonyl (C=O) groups excluding carboxylic acids is 1. The first-order valence-electron chi connectivity index (χ1n) is 9.94. The van der Waals surface area contributed by atoms with Crippen molar-refractivity contribution in [3.8, 4) is 10.6 Å². The lowest BCUT2D eigenvalue weighted by atomic mass is 10.2. The Hall–Kier alpha value is -2.30. The molecule has 5 heterocycles. The summed E-state index contributed by atoms with van der Waals surface area (Å²) >= 11 is 1.55. The highest BCUT2D eigenvalue weighted by Crippen LogP contribution is 2.33. The van der Waals surface area contributed by atoms with Gasteiger partial charge in [0.15, 0.2) is 15.5 Å². The van der Waals surface area contributed by atoms with E-state index in [1.807, 2.05) is 35.1 Å². The van der Waals surface area contributed by atoms with E-state index in [9.17, 15) is 13.2 Å². The van der Waals surface area contributed by atoms with Crippen molar-refractivity contribution in [2.45, 2.75) is 19.4 Å². The molecule has 0 radical (unpaired) electrons. The van der Waals surface area contributed by atoms with Crippen LogP contribution in [0.25, 0.3) is 21.6 Å². The average Bonchev–Trinajstić information content (AvgIpc) is 3.45. The Morgan fingerprint density at radius 1 is 1.27 bits per heavy atom. The summed E-state index contributed by atoms with van der Waals surface area (Å²) in [4.78, 5) is 25.4. The molecule has 2 fully saturated rings. The topological polar surface area (TPSA) is 94.4 Å². The van der Waals surface area contributed by atoms with Crippen molar-refractivity contribution in [3.63, 3.8) is 0 Å². The smallest absolute Gasteiger partial charge is 0.274 e. The summed E-state index contributed by atoms with van der Waals surface area (Å²) in [5.74, 6) is 0.820. The Labute approximate surface area is 178 Å². The first-order chi connectivity index (χ1) is 14.4. The van der Waals surface area contributed by atoms with E-state index in [1.165, 1.54) is 0 Å². The number of sulfone groups is 1. The lowest BCUT2D eigenvalue weighted by Crippen LogP contribution is -2.41. The number of nitrogens with zero attached hydrogens (tertiary/aromatic N) is 4. The molecule has 1 amide bonds. The molecule has 1 atom stereocenters. The number of pyridine rings is 1. The maximum Gasteiger partial charge on any atom is 0.274 e. The van der Waals surface area contributed by atoms with Crippen molar-refractivity contribution < 1.29 is 17.9 Å². The maximum absolute atomic E-state index is 13.3. The molecule has 0 N–H and O–H groups in total. The highest BCUT2D eigenvalue weighted by molar-refractivity contribution is 7.91. The molecular formula is C20H22N4O4S2. The summed E-state index contributed by atoms with van der Waals surface area (Å²) in [6.45, 7) is 3.91. The molecule has 158 valence electrons. The van der Waals surface area contributed by atoms with E-state index in [2.05, 4.69) is 4.98 Å². The Morgan fingerprint density at radius 2 is 2.07 bits per heavy atom. The molecule has 1 unspecified atom stereocenters. The molecule has 3 aromatic heterocycles. The summed E-state index contributed by atoms with van der Waals surface area (Å²) in [5, 5.41) is 1.97. The first kappa shape index (κ1) is 19.7. The van der Waals surface area contributed by atoms with Gasteiger partial charge in [0.2, 0.25) is 0 Å². The van der Waals surface area contributed by atoms with E-state index in [0.29, 0.717) is 55.5 Å². The van der Waals surface area contributed by atoms with Gasteiger partial charge in [0.25, 0.3) is 5.91 Å². The zero-order chi connectivity index (χ0) is 20.9. The zero-order valence-electron chi connectivity index (χ0n) is 16.6. The second-order valence-corrected chi connectivity index (χ2v) is 10.9. The number of hydrogen-bond donors (Lipinski definition) is 0. The molecule has 2 saturated heterocycles. The minimum Gasteiger partial charge on any atom is -0.378 e. The molecule has 0 saturated carbocycles.